The van der Waals surface area contributed by atoms with Crippen LogP contribution in [0.4, 0.5) is 0 Å². The number of benzene rings is 1. The smallest absolute Gasteiger partial charge is 0.279 e. The fourth-order valence-electron chi connectivity index (χ4n) is 2.05. The number of ether oxygens (including phenoxy) is 1. The third-order valence-corrected chi connectivity index (χ3v) is 4.97. The molecule has 1 aromatic carbocycles. The Morgan fingerprint density at radius 3 is 2.48 bits per heavy atom. The average Bonchev–Trinajstić information content (AvgIpc) is 2.55. The molecule has 0 aliphatic rings. The lowest BCUT2D eigenvalue weighted by atomic mass is 10.3. The van der Waals surface area contributed by atoms with Crippen LogP contribution in [0.25, 0.3) is 0 Å². The van der Waals surface area contributed by atoms with Crippen LogP contribution in [0.3, 0.4) is 0 Å². The number of hydrogen-bond acceptors (Lipinski definition) is 4. The highest BCUT2D eigenvalue weighted by atomic mass is 32.2. The van der Waals surface area contributed by atoms with E-state index >= 15 is 0 Å². The van der Waals surface area contributed by atoms with Gasteiger partial charge < -0.3 is 4.74 Å². The molecular weight excluding hydrogens is 314 g/mol. The Morgan fingerprint density at radius 1 is 1.13 bits per heavy atom. The lowest BCUT2D eigenvalue weighted by Gasteiger charge is -2.18. The number of nitrogens with zero attached hydrogens (tertiary/aromatic N) is 2. The summed E-state index contributed by atoms with van der Waals surface area (Å²) in [5, 5.41) is 0. The van der Waals surface area contributed by atoms with Gasteiger partial charge in [-0.2, -0.15) is 17.4 Å². The van der Waals surface area contributed by atoms with Crippen molar-refractivity contribution in [3.8, 4) is 11.6 Å². The van der Waals surface area contributed by atoms with E-state index in [-0.39, 0.29) is 6.54 Å². The zero-order chi connectivity index (χ0) is 16.7. The van der Waals surface area contributed by atoms with Gasteiger partial charge in [0.05, 0.1) is 0 Å². The van der Waals surface area contributed by atoms with Crippen molar-refractivity contribution in [2.24, 2.45) is 0 Å². The zero-order valence-electron chi connectivity index (χ0n) is 13.3. The van der Waals surface area contributed by atoms with Crippen LogP contribution in [0.5, 0.6) is 11.6 Å². The van der Waals surface area contributed by atoms with Crippen LogP contribution in [0, 0.1) is 0 Å². The molecule has 0 atom stereocenters. The van der Waals surface area contributed by atoms with Crippen molar-refractivity contribution in [1.82, 2.24) is 14.0 Å². The van der Waals surface area contributed by atoms with E-state index in [1.165, 1.54) is 4.31 Å². The molecule has 0 saturated heterocycles. The second-order valence-corrected chi connectivity index (χ2v) is 6.58. The Kier molecular flexibility index (Phi) is 6.09. The molecule has 0 aliphatic heterocycles. The van der Waals surface area contributed by atoms with Gasteiger partial charge in [0, 0.05) is 31.9 Å². The molecule has 0 fully saturated rings. The van der Waals surface area contributed by atoms with Crippen LogP contribution < -0.4 is 9.46 Å². The Bertz CT molecular complexity index is 716. The molecule has 1 N–H and O–H groups in total. The van der Waals surface area contributed by atoms with Crippen LogP contribution in [0.2, 0.25) is 0 Å². The van der Waals surface area contributed by atoms with E-state index in [9.17, 15) is 8.42 Å². The molecule has 0 aliphatic carbocycles. The minimum atomic E-state index is -3.47. The molecule has 0 spiro atoms. The van der Waals surface area contributed by atoms with Gasteiger partial charge >= 0.3 is 0 Å². The molecule has 6 nitrogen and oxygen atoms in total. The Labute approximate surface area is 137 Å². The molecule has 124 valence electrons. The lowest BCUT2D eigenvalue weighted by Crippen LogP contribution is -2.40. The minimum absolute atomic E-state index is 0.187. The molecular formula is C16H21N3O3S. The van der Waals surface area contributed by atoms with Gasteiger partial charge in [0.2, 0.25) is 5.88 Å². The fraction of sp³-hybridized carbons (Fsp3) is 0.312. The van der Waals surface area contributed by atoms with E-state index in [0.717, 1.165) is 5.56 Å². The van der Waals surface area contributed by atoms with Crippen molar-refractivity contribution in [3.63, 3.8) is 0 Å². The van der Waals surface area contributed by atoms with E-state index in [1.54, 1.807) is 32.2 Å². The first kappa shape index (κ1) is 17.4. The van der Waals surface area contributed by atoms with Crippen LogP contribution >= 0.6 is 0 Å². The molecule has 2 aromatic rings. The molecule has 7 heteroatoms. The van der Waals surface area contributed by atoms with Gasteiger partial charge in [-0.15, -0.1) is 0 Å². The van der Waals surface area contributed by atoms with E-state index in [0.29, 0.717) is 24.7 Å². The summed E-state index contributed by atoms with van der Waals surface area (Å²) in [4.78, 5) is 4.14. The molecule has 0 unspecified atom stereocenters. The summed E-state index contributed by atoms with van der Waals surface area (Å²) in [5.41, 5.74) is 0.779. The maximum atomic E-state index is 12.1. The van der Waals surface area contributed by atoms with Gasteiger partial charge in [0.1, 0.15) is 5.75 Å². The fourth-order valence-corrected chi connectivity index (χ4v) is 3.27. The first-order valence-electron chi connectivity index (χ1n) is 7.47. The first-order valence-corrected chi connectivity index (χ1v) is 8.91. The van der Waals surface area contributed by atoms with Gasteiger partial charge in [-0.25, -0.2) is 4.98 Å². The molecule has 23 heavy (non-hydrogen) atoms. The van der Waals surface area contributed by atoms with Crippen LogP contribution in [0.15, 0.2) is 48.7 Å². The summed E-state index contributed by atoms with van der Waals surface area (Å²) < 4.78 is 33.8. The van der Waals surface area contributed by atoms with Crippen LogP contribution in [-0.2, 0) is 16.8 Å². The molecule has 1 heterocycles. The summed E-state index contributed by atoms with van der Waals surface area (Å²) >= 11 is 0. The summed E-state index contributed by atoms with van der Waals surface area (Å²) in [5.74, 6) is 1.11. The summed E-state index contributed by atoms with van der Waals surface area (Å²) in [6.45, 7) is 4.67. The standard InChI is InChI=1S/C16H21N3O3S/c1-3-19(4-2)23(20,21)18-13-14-10-11-17-16(12-14)22-15-8-6-5-7-9-15/h5-12,18H,3-4,13H2,1-2H3. The predicted octanol–water partition coefficient (Wildman–Crippen LogP) is 2.55. The molecule has 1 aromatic heterocycles. The van der Waals surface area contributed by atoms with Crippen molar-refractivity contribution in [3.05, 3.63) is 54.2 Å². The van der Waals surface area contributed by atoms with Crippen molar-refractivity contribution >= 4 is 10.2 Å². The van der Waals surface area contributed by atoms with E-state index in [2.05, 4.69) is 9.71 Å². The number of nitrogens with one attached hydrogen (secondary N) is 1. The number of aromatic nitrogens is 1. The van der Waals surface area contributed by atoms with E-state index in [1.807, 2.05) is 30.3 Å². The third-order valence-electron chi connectivity index (χ3n) is 3.27. The van der Waals surface area contributed by atoms with E-state index in [4.69, 9.17) is 4.74 Å². The molecule has 0 radical (unpaired) electrons. The highest BCUT2D eigenvalue weighted by molar-refractivity contribution is 7.87. The monoisotopic (exact) mass is 335 g/mol. The molecule has 2 rings (SSSR count). The van der Waals surface area contributed by atoms with Crippen LogP contribution in [0.1, 0.15) is 19.4 Å². The maximum Gasteiger partial charge on any atom is 0.279 e. The quantitative estimate of drug-likeness (QED) is 0.805. The lowest BCUT2D eigenvalue weighted by molar-refractivity contribution is 0.434. The molecule has 0 saturated carbocycles. The van der Waals surface area contributed by atoms with Gasteiger partial charge in [0.15, 0.2) is 0 Å². The van der Waals surface area contributed by atoms with Crippen molar-refractivity contribution < 1.29 is 13.2 Å². The Morgan fingerprint density at radius 2 is 1.83 bits per heavy atom. The van der Waals surface area contributed by atoms with Gasteiger partial charge in [-0.3, -0.25) is 0 Å². The van der Waals surface area contributed by atoms with Crippen molar-refractivity contribution in [2.75, 3.05) is 13.1 Å². The minimum Gasteiger partial charge on any atom is -0.439 e. The second-order valence-electron chi connectivity index (χ2n) is 4.83. The average molecular weight is 335 g/mol. The van der Waals surface area contributed by atoms with Gasteiger partial charge in [0.25, 0.3) is 10.2 Å². The molecule has 0 amide bonds. The largest absolute Gasteiger partial charge is 0.439 e. The van der Waals surface area contributed by atoms with Crippen molar-refractivity contribution in [1.29, 1.82) is 0 Å². The SMILES string of the molecule is CCN(CC)S(=O)(=O)NCc1ccnc(Oc2ccccc2)c1. The number of pyridine rings is 1. The Hall–Kier alpha value is -1.96. The summed E-state index contributed by atoms with van der Waals surface area (Å²) in [6.07, 6.45) is 1.60. The summed E-state index contributed by atoms with van der Waals surface area (Å²) in [7, 11) is -3.47. The van der Waals surface area contributed by atoms with Crippen LogP contribution in [-0.4, -0.2) is 30.8 Å². The normalized spacial score (nSPS) is 11.6. The third kappa shape index (κ3) is 5.02. The van der Waals surface area contributed by atoms with E-state index < -0.39 is 10.2 Å². The first-order chi connectivity index (χ1) is 11.0. The highest BCUT2D eigenvalue weighted by Crippen LogP contribution is 2.19. The maximum absolute atomic E-state index is 12.1. The number of hydrogen-bond donors (Lipinski definition) is 1. The topological polar surface area (TPSA) is 71.5 Å². The highest BCUT2D eigenvalue weighted by Gasteiger charge is 2.17. The van der Waals surface area contributed by atoms with Gasteiger partial charge in [-0.05, 0) is 23.8 Å². The number of para-hydroxylation sites is 1. The molecule has 0 bridgehead atoms. The van der Waals surface area contributed by atoms with Crippen molar-refractivity contribution in [2.45, 2.75) is 20.4 Å². The summed E-state index contributed by atoms with van der Waals surface area (Å²) in [6, 6.07) is 12.8. The predicted molar refractivity (Wildman–Crippen MR) is 89.4 cm³/mol. The van der Waals surface area contributed by atoms with Gasteiger partial charge in [-0.1, -0.05) is 32.0 Å². The second kappa shape index (κ2) is 8.05. The zero-order valence-corrected chi connectivity index (χ0v) is 14.1. The Balaban J connectivity index is 2.03. The number of rotatable bonds is 8.